The standard InChI is InChI=1S/C10H16O2/c1-4-7-8-9(2,11)5-6-10(7,8)12-3/h4,7-8,11H,1,5-6H2,2-3H3/t7?,8?,9-,10-/m0/s1. The highest BCUT2D eigenvalue weighted by molar-refractivity contribution is 5.28. The second-order valence-corrected chi connectivity index (χ2v) is 4.26. The molecule has 2 heteroatoms. The van der Waals surface area contributed by atoms with Crippen molar-refractivity contribution in [3.8, 4) is 0 Å². The summed E-state index contributed by atoms with van der Waals surface area (Å²) in [5, 5.41) is 9.97. The van der Waals surface area contributed by atoms with E-state index in [0.717, 1.165) is 12.8 Å². The van der Waals surface area contributed by atoms with Crippen LogP contribution in [0.4, 0.5) is 0 Å². The maximum atomic E-state index is 9.97. The minimum absolute atomic E-state index is 0.0642. The van der Waals surface area contributed by atoms with Crippen molar-refractivity contribution >= 4 is 0 Å². The molecule has 2 unspecified atom stereocenters. The van der Waals surface area contributed by atoms with Gasteiger partial charge in [-0.2, -0.15) is 0 Å². The Kier molecular flexibility index (Phi) is 1.46. The number of methoxy groups -OCH3 is 1. The van der Waals surface area contributed by atoms with Crippen LogP contribution in [0.5, 0.6) is 0 Å². The van der Waals surface area contributed by atoms with Crippen molar-refractivity contribution < 1.29 is 9.84 Å². The van der Waals surface area contributed by atoms with Crippen molar-refractivity contribution in [1.29, 1.82) is 0 Å². The van der Waals surface area contributed by atoms with E-state index in [1.165, 1.54) is 0 Å². The zero-order valence-corrected chi connectivity index (χ0v) is 7.71. The first-order valence-electron chi connectivity index (χ1n) is 4.48. The molecule has 2 rings (SSSR count). The monoisotopic (exact) mass is 168 g/mol. The first-order valence-corrected chi connectivity index (χ1v) is 4.48. The van der Waals surface area contributed by atoms with Crippen molar-refractivity contribution in [2.75, 3.05) is 7.11 Å². The van der Waals surface area contributed by atoms with Gasteiger partial charge in [0.05, 0.1) is 11.2 Å². The predicted octanol–water partition coefficient (Wildman–Crippen LogP) is 1.35. The molecule has 0 bridgehead atoms. The van der Waals surface area contributed by atoms with Crippen LogP contribution in [0.3, 0.4) is 0 Å². The van der Waals surface area contributed by atoms with Crippen LogP contribution in [0.2, 0.25) is 0 Å². The lowest BCUT2D eigenvalue weighted by molar-refractivity contribution is 0.0300. The molecular formula is C10H16O2. The summed E-state index contributed by atoms with van der Waals surface area (Å²) in [5.74, 6) is 0.652. The fraction of sp³-hybridized carbons (Fsp3) is 0.800. The van der Waals surface area contributed by atoms with Gasteiger partial charge >= 0.3 is 0 Å². The Hall–Kier alpha value is -0.340. The highest BCUT2D eigenvalue weighted by atomic mass is 16.5. The molecule has 0 spiro atoms. The quantitative estimate of drug-likeness (QED) is 0.631. The average Bonchev–Trinajstić information content (AvgIpc) is 2.63. The predicted molar refractivity (Wildman–Crippen MR) is 46.8 cm³/mol. The van der Waals surface area contributed by atoms with Crippen LogP contribution in [0, 0.1) is 11.8 Å². The van der Waals surface area contributed by atoms with Crippen molar-refractivity contribution in [3.63, 3.8) is 0 Å². The van der Waals surface area contributed by atoms with Gasteiger partial charge in [0.15, 0.2) is 0 Å². The van der Waals surface area contributed by atoms with Crippen LogP contribution in [-0.2, 0) is 4.74 Å². The zero-order valence-electron chi connectivity index (χ0n) is 7.71. The molecule has 0 heterocycles. The van der Waals surface area contributed by atoms with E-state index in [0.29, 0.717) is 5.92 Å². The van der Waals surface area contributed by atoms with Crippen molar-refractivity contribution in [2.24, 2.45) is 11.8 Å². The average molecular weight is 168 g/mol. The van der Waals surface area contributed by atoms with Crippen LogP contribution in [0.25, 0.3) is 0 Å². The molecule has 2 nitrogen and oxygen atoms in total. The maximum Gasteiger partial charge on any atom is 0.0808 e. The van der Waals surface area contributed by atoms with Crippen LogP contribution in [-0.4, -0.2) is 23.4 Å². The Labute approximate surface area is 73.2 Å². The summed E-state index contributed by atoms with van der Waals surface area (Å²) in [4.78, 5) is 0. The van der Waals surface area contributed by atoms with E-state index in [2.05, 4.69) is 6.58 Å². The molecule has 0 aliphatic heterocycles. The summed E-state index contributed by atoms with van der Waals surface area (Å²) in [6.07, 6.45) is 3.75. The first-order chi connectivity index (χ1) is 5.58. The molecule has 2 aliphatic carbocycles. The third-order valence-electron chi connectivity index (χ3n) is 3.67. The van der Waals surface area contributed by atoms with Gasteiger partial charge in [0.25, 0.3) is 0 Å². The summed E-state index contributed by atoms with van der Waals surface area (Å²) in [6.45, 7) is 5.68. The number of hydrogen-bond donors (Lipinski definition) is 1. The van der Waals surface area contributed by atoms with Gasteiger partial charge in [0.1, 0.15) is 0 Å². The lowest BCUT2D eigenvalue weighted by Gasteiger charge is -2.18. The summed E-state index contributed by atoms with van der Waals surface area (Å²) in [6, 6.07) is 0. The van der Waals surface area contributed by atoms with E-state index in [4.69, 9.17) is 4.74 Å². The Bertz CT molecular complexity index is 222. The van der Waals surface area contributed by atoms with E-state index < -0.39 is 5.60 Å². The second kappa shape index (κ2) is 2.12. The molecule has 0 aromatic heterocycles. The Morgan fingerprint density at radius 2 is 2.25 bits per heavy atom. The van der Waals surface area contributed by atoms with Crippen LogP contribution < -0.4 is 0 Å². The largest absolute Gasteiger partial charge is 0.390 e. The maximum absolute atomic E-state index is 9.97. The molecule has 0 saturated heterocycles. The molecule has 4 atom stereocenters. The van der Waals surface area contributed by atoms with E-state index in [9.17, 15) is 5.11 Å². The van der Waals surface area contributed by atoms with Gasteiger partial charge in [-0.3, -0.25) is 0 Å². The van der Waals surface area contributed by atoms with E-state index in [1.54, 1.807) is 7.11 Å². The number of aliphatic hydroxyl groups is 1. The highest BCUT2D eigenvalue weighted by Crippen LogP contribution is 2.67. The topological polar surface area (TPSA) is 29.5 Å². The van der Waals surface area contributed by atoms with Gasteiger partial charge < -0.3 is 9.84 Å². The number of fused-ring (bicyclic) bond motifs is 1. The summed E-state index contributed by atoms with van der Waals surface area (Å²) in [5.41, 5.74) is -0.597. The summed E-state index contributed by atoms with van der Waals surface area (Å²) >= 11 is 0. The molecule has 68 valence electrons. The Morgan fingerprint density at radius 3 is 2.58 bits per heavy atom. The van der Waals surface area contributed by atoms with Crippen LogP contribution in [0.1, 0.15) is 19.8 Å². The molecule has 12 heavy (non-hydrogen) atoms. The lowest BCUT2D eigenvalue weighted by Crippen LogP contribution is -2.24. The number of rotatable bonds is 2. The molecule has 0 amide bonds. The minimum atomic E-state index is -0.533. The summed E-state index contributed by atoms with van der Waals surface area (Å²) in [7, 11) is 1.73. The fourth-order valence-electron chi connectivity index (χ4n) is 2.98. The first kappa shape index (κ1) is 8.27. The molecule has 0 aromatic carbocycles. The van der Waals surface area contributed by atoms with Gasteiger partial charge in [-0.25, -0.2) is 0 Å². The third kappa shape index (κ3) is 0.723. The van der Waals surface area contributed by atoms with Crippen LogP contribution >= 0.6 is 0 Å². The number of ether oxygens (including phenoxy) is 1. The van der Waals surface area contributed by atoms with Gasteiger partial charge in [-0.05, 0) is 19.8 Å². The fourth-order valence-corrected chi connectivity index (χ4v) is 2.98. The van der Waals surface area contributed by atoms with Crippen LogP contribution in [0.15, 0.2) is 12.7 Å². The van der Waals surface area contributed by atoms with Gasteiger partial charge in [0, 0.05) is 18.9 Å². The van der Waals surface area contributed by atoms with E-state index >= 15 is 0 Å². The molecule has 0 aromatic rings. The second-order valence-electron chi connectivity index (χ2n) is 4.26. The van der Waals surface area contributed by atoms with Gasteiger partial charge in [0.2, 0.25) is 0 Å². The molecular weight excluding hydrogens is 152 g/mol. The summed E-state index contributed by atoms with van der Waals surface area (Å²) < 4.78 is 5.48. The number of hydrogen-bond acceptors (Lipinski definition) is 2. The smallest absolute Gasteiger partial charge is 0.0808 e. The zero-order chi connectivity index (χ0) is 8.98. The van der Waals surface area contributed by atoms with Gasteiger partial charge in [-0.1, -0.05) is 6.08 Å². The molecule has 0 radical (unpaired) electrons. The minimum Gasteiger partial charge on any atom is -0.390 e. The molecule has 2 saturated carbocycles. The Balaban J connectivity index is 2.25. The normalized spacial score (nSPS) is 56.6. The van der Waals surface area contributed by atoms with Gasteiger partial charge in [-0.15, -0.1) is 6.58 Å². The lowest BCUT2D eigenvalue weighted by atomic mass is 9.97. The Morgan fingerprint density at radius 1 is 1.58 bits per heavy atom. The molecule has 2 aliphatic rings. The SMILES string of the molecule is C=CC1C2[C@]1(OC)CC[C@]2(C)O. The highest BCUT2D eigenvalue weighted by Gasteiger charge is 2.74. The van der Waals surface area contributed by atoms with Crippen molar-refractivity contribution in [2.45, 2.75) is 31.0 Å². The molecule has 2 fully saturated rings. The van der Waals surface area contributed by atoms with E-state index in [1.807, 2.05) is 13.0 Å². The van der Waals surface area contributed by atoms with Crippen molar-refractivity contribution in [3.05, 3.63) is 12.7 Å². The third-order valence-corrected chi connectivity index (χ3v) is 3.67. The molecule has 1 N–H and O–H groups in total. The van der Waals surface area contributed by atoms with E-state index in [-0.39, 0.29) is 11.5 Å². The van der Waals surface area contributed by atoms with Crippen molar-refractivity contribution in [1.82, 2.24) is 0 Å².